The quantitative estimate of drug-likeness (QED) is 0.784. The van der Waals surface area contributed by atoms with Gasteiger partial charge in [-0.1, -0.05) is 26.0 Å². The first-order valence-electron chi connectivity index (χ1n) is 6.52. The van der Waals surface area contributed by atoms with Crippen molar-refractivity contribution in [1.82, 2.24) is 5.32 Å². The highest BCUT2D eigenvalue weighted by atomic mass is 32.2. The average Bonchev–Trinajstić information content (AvgIpc) is 2.28. The summed E-state index contributed by atoms with van der Waals surface area (Å²) in [5, 5.41) is 3.86. The standard InChI is InChI=1S/C15H24FNS/c1-6-11(2)18-14-12(8-7-9-13(14)16)10-17-15(3,4)5/h7-9,11,17H,6,10H2,1-5H3. The highest BCUT2D eigenvalue weighted by Crippen LogP contribution is 2.31. The molecular formula is C15H24FNS. The molecule has 0 amide bonds. The summed E-state index contributed by atoms with van der Waals surface area (Å²) in [6, 6.07) is 5.34. The molecule has 18 heavy (non-hydrogen) atoms. The van der Waals surface area contributed by atoms with Crippen molar-refractivity contribution in [3.8, 4) is 0 Å². The second-order valence-electron chi connectivity index (χ2n) is 5.67. The Kier molecular flexibility index (Phi) is 5.67. The molecule has 0 heterocycles. The Morgan fingerprint density at radius 1 is 1.33 bits per heavy atom. The number of rotatable bonds is 5. The smallest absolute Gasteiger partial charge is 0.137 e. The zero-order valence-corrected chi connectivity index (χ0v) is 12.8. The molecule has 0 saturated carbocycles. The number of hydrogen-bond donors (Lipinski definition) is 1. The average molecular weight is 269 g/mol. The van der Waals surface area contributed by atoms with E-state index >= 15 is 0 Å². The van der Waals surface area contributed by atoms with E-state index in [9.17, 15) is 4.39 Å². The molecule has 0 aliphatic rings. The molecule has 0 radical (unpaired) electrons. The summed E-state index contributed by atoms with van der Waals surface area (Å²) in [6.45, 7) is 11.3. The molecule has 0 spiro atoms. The van der Waals surface area contributed by atoms with Crippen molar-refractivity contribution in [2.45, 2.75) is 63.3 Å². The Hall–Kier alpha value is -0.540. The van der Waals surface area contributed by atoms with Crippen molar-refractivity contribution in [3.63, 3.8) is 0 Å². The first-order chi connectivity index (χ1) is 8.33. The monoisotopic (exact) mass is 269 g/mol. The van der Waals surface area contributed by atoms with Crippen LogP contribution in [0.4, 0.5) is 4.39 Å². The third-order valence-electron chi connectivity index (χ3n) is 2.75. The molecule has 0 aliphatic heterocycles. The maximum atomic E-state index is 13.9. The summed E-state index contributed by atoms with van der Waals surface area (Å²) in [4.78, 5) is 0.795. The fourth-order valence-electron chi connectivity index (χ4n) is 1.47. The van der Waals surface area contributed by atoms with Crippen molar-refractivity contribution < 1.29 is 4.39 Å². The molecule has 1 unspecified atom stereocenters. The number of halogens is 1. The van der Waals surface area contributed by atoms with Gasteiger partial charge in [-0.2, -0.15) is 0 Å². The molecule has 1 aromatic rings. The molecule has 0 saturated heterocycles. The van der Waals surface area contributed by atoms with Crippen molar-refractivity contribution in [2.75, 3.05) is 0 Å². The lowest BCUT2D eigenvalue weighted by atomic mass is 10.1. The van der Waals surface area contributed by atoms with Gasteiger partial charge in [0.2, 0.25) is 0 Å². The van der Waals surface area contributed by atoms with Crippen LogP contribution in [-0.4, -0.2) is 10.8 Å². The molecular weight excluding hydrogens is 245 g/mol. The van der Waals surface area contributed by atoms with Crippen LogP contribution < -0.4 is 5.32 Å². The normalized spacial score (nSPS) is 13.7. The van der Waals surface area contributed by atoms with Gasteiger partial charge in [-0.3, -0.25) is 0 Å². The third kappa shape index (κ3) is 4.99. The highest BCUT2D eigenvalue weighted by molar-refractivity contribution is 8.00. The molecule has 0 aliphatic carbocycles. The van der Waals surface area contributed by atoms with E-state index in [-0.39, 0.29) is 11.4 Å². The first kappa shape index (κ1) is 15.5. The summed E-state index contributed by atoms with van der Waals surface area (Å²) >= 11 is 1.63. The molecule has 1 rings (SSSR count). The van der Waals surface area contributed by atoms with Gasteiger partial charge >= 0.3 is 0 Å². The predicted molar refractivity (Wildman–Crippen MR) is 78.6 cm³/mol. The van der Waals surface area contributed by atoms with Crippen molar-refractivity contribution in [3.05, 3.63) is 29.6 Å². The van der Waals surface area contributed by atoms with Gasteiger partial charge in [0, 0.05) is 22.2 Å². The van der Waals surface area contributed by atoms with E-state index in [1.54, 1.807) is 23.9 Å². The number of hydrogen-bond acceptors (Lipinski definition) is 2. The van der Waals surface area contributed by atoms with E-state index in [1.807, 2.05) is 6.07 Å². The van der Waals surface area contributed by atoms with Gasteiger partial charge in [0.15, 0.2) is 0 Å². The van der Waals surface area contributed by atoms with Crippen LogP contribution in [0.2, 0.25) is 0 Å². The van der Waals surface area contributed by atoms with Crippen molar-refractivity contribution in [2.24, 2.45) is 0 Å². The Bertz CT molecular complexity index is 385. The van der Waals surface area contributed by atoms with Crippen LogP contribution in [0.15, 0.2) is 23.1 Å². The summed E-state index contributed by atoms with van der Waals surface area (Å²) in [6.07, 6.45) is 1.05. The number of nitrogens with one attached hydrogen (secondary N) is 1. The number of benzene rings is 1. The van der Waals surface area contributed by atoms with Gasteiger partial charge in [-0.05, 0) is 38.8 Å². The second-order valence-corrected chi connectivity index (χ2v) is 7.12. The Morgan fingerprint density at radius 2 is 2.00 bits per heavy atom. The summed E-state index contributed by atoms with van der Waals surface area (Å²) in [5.41, 5.74) is 1.10. The lowest BCUT2D eigenvalue weighted by molar-refractivity contribution is 0.421. The first-order valence-corrected chi connectivity index (χ1v) is 7.40. The summed E-state index contributed by atoms with van der Waals surface area (Å²) in [5.74, 6) is -0.103. The number of thioether (sulfide) groups is 1. The van der Waals surface area contributed by atoms with Gasteiger partial charge in [0.25, 0.3) is 0 Å². The Balaban J connectivity index is 2.86. The molecule has 0 aromatic heterocycles. The van der Waals surface area contributed by atoms with E-state index in [0.29, 0.717) is 11.8 Å². The topological polar surface area (TPSA) is 12.0 Å². The lowest BCUT2D eigenvalue weighted by Gasteiger charge is -2.22. The van der Waals surface area contributed by atoms with Gasteiger partial charge in [0.1, 0.15) is 5.82 Å². The molecule has 1 N–H and O–H groups in total. The van der Waals surface area contributed by atoms with E-state index in [2.05, 4.69) is 39.9 Å². The largest absolute Gasteiger partial charge is 0.308 e. The minimum absolute atomic E-state index is 0.0463. The summed E-state index contributed by atoms with van der Waals surface area (Å²) in [7, 11) is 0. The van der Waals surface area contributed by atoms with Crippen LogP contribution >= 0.6 is 11.8 Å². The Morgan fingerprint density at radius 3 is 2.56 bits per heavy atom. The van der Waals surface area contributed by atoms with Gasteiger partial charge in [-0.15, -0.1) is 11.8 Å². The van der Waals surface area contributed by atoms with Crippen LogP contribution in [0.5, 0.6) is 0 Å². The van der Waals surface area contributed by atoms with Gasteiger partial charge in [0.05, 0.1) is 0 Å². The molecule has 3 heteroatoms. The fraction of sp³-hybridized carbons (Fsp3) is 0.600. The van der Waals surface area contributed by atoms with E-state index in [0.717, 1.165) is 16.9 Å². The van der Waals surface area contributed by atoms with E-state index in [1.165, 1.54) is 0 Å². The zero-order valence-electron chi connectivity index (χ0n) is 12.0. The van der Waals surface area contributed by atoms with Gasteiger partial charge in [-0.25, -0.2) is 4.39 Å². The fourth-order valence-corrected chi connectivity index (χ4v) is 2.51. The molecule has 1 aromatic carbocycles. The zero-order chi connectivity index (χ0) is 13.8. The van der Waals surface area contributed by atoms with Crippen LogP contribution in [0.1, 0.15) is 46.6 Å². The molecule has 1 atom stereocenters. The van der Waals surface area contributed by atoms with Crippen molar-refractivity contribution >= 4 is 11.8 Å². The van der Waals surface area contributed by atoms with Crippen LogP contribution in [0.25, 0.3) is 0 Å². The Labute approximate surface area is 115 Å². The van der Waals surface area contributed by atoms with Crippen LogP contribution in [0.3, 0.4) is 0 Å². The SMILES string of the molecule is CCC(C)Sc1c(F)cccc1CNC(C)(C)C. The molecule has 1 nitrogen and oxygen atoms in total. The highest BCUT2D eigenvalue weighted by Gasteiger charge is 2.14. The van der Waals surface area contributed by atoms with E-state index < -0.39 is 0 Å². The third-order valence-corrected chi connectivity index (χ3v) is 4.18. The molecule has 0 bridgehead atoms. The van der Waals surface area contributed by atoms with Crippen molar-refractivity contribution in [1.29, 1.82) is 0 Å². The maximum absolute atomic E-state index is 13.9. The van der Waals surface area contributed by atoms with Gasteiger partial charge < -0.3 is 5.32 Å². The minimum Gasteiger partial charge on any atom is -0.308 e. The van der Waals surface area contributed by atoms with Crippen LogP contribution in [0, 0.1) is 5.82 Å². The minimum atomic E-state index is -0.103. The predicted octanol–water partition coefficient (Wildman–Crippen LogP) is 4.60. The maximum Gasteiger partial charge on any atom is 0.137 e. The lowest BCUT2D eigenvalue weighted by Crippen LogP contribution is -2.35. The van der Waals surface area contributed by atoms with Crippen LogP contribution in [-0.2, 0) is 6.54 Å². The van der Waals surface area contributed by atoms with E-state index in [4.69, 9.17) is 0 Å². The molecule has 0 fully saturated rings. The second kappa shape index (κ2) is 6.58. The molecule has 102 valence electrons. The summed E-state index contributed by atoms with van der Waals surface area (Å²) < 4.78 is 13.9.